The molecule has 4 rings (SSSR count). The molecule has 1 amide bonds. The number of aryl methyl sites for hydroxylation is 3. The molecule has 152 valence electrons. The summed E-state index contributed by atoms with van der Waals surface area (Å²) >= 11 is 0. The fourth-order valence-corrected chi connectivity index (χ4v) is 4.68. The second-order valence-corrected chi connectivity index (χ2v) is 8.81. The van der Waals surface area contributed by atoms with Crippen molar-refractivity contribution in [3.05, 3.63) is 62.6 Å². The van der Waals surface area contributed by atoms with Gasteiger partial charge in [0.05, 0.1) is 17.8 Å². The predicted octanol–water partition coefficient (Wildman–Crippen LogP) is 3.35. The minimum absolute atomic E-state index is 0.0177. The van der Waals surface area contributed by atoms with Gasteiger partial charge >= 0.3 is 0 Å². The molecule has 3 aromatic rings. The molecule has 0 saturated carbocycles. The van der Waals surface area contributed by atoms with Crippen molar-refractivity contribution < 1.29 is 4.79 Å². The first-order valence-electron chi connectivity index (χ1n) is 10.1. The largest absolute Gasteiger partial charge is 0.349 e. The van der Waals surface area contributed by atoms with Crippen molar-refractivity contribution in [2.24, 2.45) is 7.05 Å². The Kier molecular flexibility index (Phi) is 4.60. The molecular weight excluding hydrogens is 364 g/mol. The van der Waals surface area contributed by atoms with E-state index in [9.17, 15) is 9.59 Å². The topological polar surface area (TPSA) is 79.8 Å². The molecular formula is C23H28N4O2. The zero-order chi connectivity index (χ0) is 20.9. The molecule has 0 radical (unpaired) electrons. The summed E-state index contributed by atoms with van der Waals surface area (Å²) in [6, 6.07) is 8.41. The summed E-state index contributed by atoms with van der Waals surface area (Å²) < 4.78 is 1.63. The highest BCUT2D eigenvalue weighted by Gasteiger charge is 2.33. The van der Waals surface area contributed by atoms with Gasteiger partial charge in [-0.15, -0.1) is 0 Å². The third kappa shape index (κ3) is 3.26. The zero-order valence-electron chi connectivity index (χ0n) is 17.7. The molecule has 1 aliphatic carbocycles. The van der Waals surface area contributed by atoms with E-state index in [1.807, 2.05) is 19.9 Å². The summed E-state index contributed by atoms with van der Waals surface area (Å²) in [4.78, 5) is 29.8. The van der Waals surface area contributed by atoms with E-state index in [0.717, 1.165) is 29.7 Å². The number of amides is 1. The molecule has 0 unspecified atom stereocenters. The van der Waals surface area contributed by atoms with E-state index in [-0.39, 0.29) is 29.3 Å². The molecule has 2 N–H and O–H groups in total. The Bertz CT molecular complexity index is 1170. The van der Waals surface area contributed by atoms with Crippen LogP contribution in [0.15, 0.2) is 29.1 Å². The Morgan fingerprint density at radius 3 is 2.79 bits per heavy atom. The Morgan fingerprint density at radius 2 is 2.03 bits per heavy atom. The van der Waals surface area contributed by atoms with Crippen LogP contribution in [0, 0.1) is 13.8 Å². The van der Waals surface area contributed by atoms with E-state index in [1.165, 1.54) is 11.1 Å². The van der Waals surface area contributed by atoms with Crippen LogP contribution in [-0.4, -0.2) is 20.7 Å². The van der Waals surface area contributed by atoms with Crippen molar-refractivity contribution in [1.82, 2.24) is 20.1 Å². The van der Waals surface area contributed by atoms with E-state index in [1.54, 1.807) is 11.7 Å². The number of carbonyl (C=O) groups is 1. The van der Waals surface area contributed by atoms with E-state index in [0.29, 0.717) is 11.0 Å². The molecule has 0 bridgehead atoms. The van der Waals surface area contributed by atoms with Crippen molar-refractivity contribution in [3.63, 3.8) is 0 Å². The van der Waals surface area contributed by atoms with Crippen LogP contribution in [0.5, 0.6) is 0 Å². The van der Waals surface area contributed by atoms with E-state index < -0.39 is 0 Å². The molecule has 0 saturated heterocycles. The van der Waals surface area contributed by atoms with Crippen LogP contribution in [0.25, 0.3) is 11.0 Å². The molecule has 29 heavy (non-hydrogen) atoms. The van der Waals surface area contributed by atoms with Crippen LogP contribution in [0.1, 0.15) is 60.7 Å². The number of hydrogen-bond donors (Lipinski definition) is 2. The van der Waals surface area contributed by atoms with Gasteiger partial charge in [0.2, 0.25) is 5.91 Å². The van der Waals surface area contributed by atoms with Crippen molar-refractivity contribution in [2.45, 2.75) is 58.4 Å². The first-order valence-corrected chi connectivity index (χ1v) is 10.1. The number of nitrogens with zero attached hydrogens (tertiary/aromatic N) is 2. The summed E-state index contributed by atoms with van der Waals surface area (Å²) in [5.74, 6) is -0.0378. The normalized spacial score (nSPS) is 17.9. The average Bonchev–Trinajstić information content (AvgIpc) is 2.95. The standard InChI is InChI=1S/C23H28N4O2/c1-13-16(14(2)24-21-20(13)22(29)26-27(21)5)12-19(28)25-18-10-11-23(3,4)17-9-7-6-8-15(17)18/h6-9,18H,10-12H2,1-5H3,(H,25,28)(H,26,29)/t18-/m1/s1. The van der Waals surface area contributed by atoms with Gasteiger partial charge in [0, 0.05) is 12.7 Å². The zero-order valence-corrected chi connectivity index (χ0v) is 17.7. The monoisotopic (exact) mass is 392 g/mol. The first-order chi connectivity index (χ1) is 13.7. The minimum Gasteiger partial charge on any atom is -0.349 e. The second-order valence-electron chi connectivity index (χ2n) is 8.81. The molecule has 1 aromatic carbocycles. The highest BCUT2D eigenvalue weighted by atomic mass is 16.1. The predicted molar refractivity (Wildman–Crippen MR) is 114 cm³/mol. The Labute approximate surface area is 170 Å². The Morgan fingerprint density at radius 1 is 1.31 bits per heavy atom. The van der Waals surface area contributed by atoms with Crippen LogP contribution < -0.4 is 10.9 Å². The van der Waals surface area contributed by atoms with Crippen molar-refractivity contribution in [1.29, 1.82) is 0 Å². The molecule has 6 heteroatoms. The van der Waals surface area contributed by atoms with Gasteiger partial charge in [0.1, 0.15) is 0 Å². The van der Waals surface area contributed by atoms with E-state index in [2.05, 4.69) is 47.4 Å². The van der Waals surface area contributed by atoms with Crippen molar-refractivity contribution in [2.75, 3.05) is 0 Å². The maximum absolute atomic E-state index is 13.0. The summed E-state index contributed by atoms with van der Waals surface area (Å²) in [7, 11) is 1.77. The Hall–Kier alpha value is -2.89. The number of benzene rings is 1. The van der Waals surface area contributed by atoms with Crippen LogP contribution in [0.3, 0.4) is 0 Å². The van der Waals surface area contributed by atoms with E-state index >= 15 is 0 Å². The molecule has 0 aliphatic heterocycles. The summed E-state index contributed by atoms with van der Waals surface area (Å²) in [5, 5.41) is 6.53. The lowest BCUT2D eigenvalue weighted by Gasteiger charge is -2.37. The number of carbonyl (C=O) groups excluding carboxylic acids is 1. The molecule has 2 aromatic heterocycles. The van der Waals surface area contributed by atoms with Crippen molar-refractivity contribution in [3.8, 4) is 0 Å². The van der Waals surface area contributed by atoms with Crippen LogP contribution in [-0.2, 0) is 23.7 Å². The number of fused-ring (bicyclic) bond motifs is 2. The molecule has 0 fully saturated rings. The molecule has 6 nitrogen and oxygen atoms in total. The third-order valence-electron chi connectivity index (χ3n) is 6.37. The number of rotatable bonds is 3. The summed E-state index contributed by atoms with van der Waals surface area (Å²) in [6.45, 7) is 8.31. The lowest BCUT2D eigenvalue weighted by atomic mass is 9.71. The number of pyridine rings is 1. The number of aromatic amines is 1. The molecule has 0 spiro atoms. The van der Waals surface area contributed by atoms with Gasteiger partial charge in [-0.3, -0.25) is 19.4 Å². The molecule has 2 heterocycles. The number of hydrogen-bond acceptors (Lipinski definition) is 3. The number of aromatic nitrogens is 3. The maximum atomic E-state index is 13.0. The quantitative estimate of drug-likeness (QED) is 0.717. The fraction of sp³-hybridized carbons (Fsp3) is 0.435. The van der Waals surface area contributed by atoms with Crippen LogP contribution in [0.4, 0.5) is 0 Å². The van der Waals surface area contributed by atoms with Crippen molar-refractivity contribution >= 4 is 16.9 Å². The Balaban J connectivity index is 1.62. The minimum atomic E-state index is -0.169. The first kappa shape index (κ1) is 19.4. The second kappa shape index (κ2) is 6.87. The van der Waals surface area contributed by atoms with Gasteiger partial charge in [-0.2, -0.15) is 0 Å². The fourth-order valence-electron chi connectivity index (χ4n) is 4.68. The molecule has 1 aliphatic rings. The summed E-state index contributed by atoms with van der Waals surface area (Å²) in [6.07, 6.45) is 2.17. The lowest BCUT2D eigenvalue weighted by molar-refractivity contribution is -0.121. The molecule has 1 atom stereocenters. The number of H-pyrrole nitrogens is 1. The average molecular weight is 393 g/mol. The van der Waals surface area contributed by atoms with Crippen LogP contribution in [0.2, 0.25) is 0 Å². The maximum Gasteiger partial charge on any atom is 0.273 e. The number of nitrogens with one attached hydrogen (secondary N) is 2. The van der Waals surface area contributed by atoms with Gasteiger partial charge in [-0.1, -0.05) is 38.1 Å². The third-order valence-corrected chi connectivity index (χ3v) is 6.37. The highest BCUT2D eigenvalue weighted by Crippen LogP contribution is 2.41. The van der Waals surface area contributed by atoms with Gasteiger partial charge in [-0.25, -0.2) is 4.98 Å². The highest BCUT2D eigenvalue weighted by molar-refractivity contribution is 5.85. The lowest BCUT2D eigenvalue weighted by Crippen LogP contribution is -2.36. The summed E-state index contributed by atoms with van der Waals surface area (Å²) in [5.41, 5.74) is 5.53. The smallest absolute Gasteiger partial charge is 0.273 e. The van der Waals surface area contributed by atoms with Gasteiger partial charge in [-0.05, 0) is 54.4 Å². The van der Waals surface area contributed by atoms with Gasteiger partial charge in [0.15, 0.2) is 5.65 Å². The van der Waals surface area contributed by atoms with Gasteiger partial charge < -0.3 is 5.32 Å². The SMILES string of the molecule is Cc1nc2c(c(C)c1CC(=O)N[C@@H]1CCC(C)(C)c3ccccc31)c(=O)[nH]n2C. The van der Waals surface area contributed by atoms with Gasteiger partial charge in [0.25, 0.3) is 5.56 Å². The van der Waals surface area contributed by atoms with E-state index in [4.69, 9.17) is 0 Å². The van der Waals surface area contributed by atoms with Crippen LogP contribution >= 0.6 is 0 Å².